The zero-order valence-corrected chi connectivity index (χ0v) is 13.3. The van der Waals surface area contributed by atoms with Gasteiger partial charge >= 0.3 is 6.03 Å². The summed E-state index contributed by atoms with van der Waals surface area (Å²) >= 11 is 1.54. The Morgan fingerprint density at radius 1 is 1.23 bits per heavy atom. The second-order valence-corrected chi connectivity index (χ2v) is 6.04. The van der Waals surface area contributed by atoms with Crippen LogP contribution in [0.4, 0.5) is 4.79 Å². The van der Waals surface area contributed by atoms with Crippen molar-refractivity contribution in [2.75, 3.05) is 0 Å². The third kappa shape index (κ3) is 3.25. The molecule has 0 bridgehead atoms. The average molecular weight is 315 g/mol. The topological polar surface area (TPSA) is 71.3 Å². The van der Waals surface area contributed by atoms with Crippen molar-refractivity contribution in [2.24, 2.45) is 0 Å². The number of amides is 2. The number of carbonyl (C=O) groups excluding carboxylic acids is 1. The van der Waals surface area contributed by atoms with E-state index in [1.54, 1.807) is 16.8 Å². The smallest absolute Gasteiger partial charge is 0.315 e. The standard InChI is InChI=1S/C15H17N5OS/c1-10-3-4-14-19-12(8-20(14)7-10)5-16-15(21)17-6-13-11(2)18-9-22-13/h3-4,7-9H,5-6H2,1-2H3,(H2,16,17,21). The number of carbonyl (C=O) groups is 1. The lowest BCUT2D eigenvalue weighted by Gasteiger charge is -2.05. The highest BCUT2D eigenvalue weighted by molar-refractivity contribution is 7.09. The molecule has 3 aromatic rings. The number of hydrogen-bond donors (Lipinski definition) is 2. The van der Waals surface area contributed by atoms with Crippen LogP contribution in [-0.2, 0) is 13.1 Å². The Kier molecular flexibility index (Phi) is 4.06. The molecule has 0 radical (unpaired) electrons. The number of fused-ring (bicyclic) bond motifs is 1. The number of nitrogens with zero attached hydrogens (tertiary/aromatic N) is 3. The van der Waals surface area contributed by atoms with Gasteiger partial charge < -0.3 is 15.0 Å². The Morgan fingerprint density at radius 2 is 2.05 bits per heavy atom. The van der Waals surface area contributed by atoms with Crippen LogP contribution in [0.25, 0.3) is 5.65 Å². The Balaban J connectivity index is 1.54. The molecule has 3 heterocycles. The summed E-state index contributed by atoms with van der Waals surface area (Å²) in [7, 11) is 0. The molecule has 0 spiro atoms. The third-order valence-electron chi connectivity index (χ3n) is 3.33. The van der Waals surface area contributed by atoms with E-state index in [0.29, 0.717) is 13.1 Å². The van der Waals surface area contributed by atoms with Gasteiger partial charge in [-0.1, -0.05) is 6.07 Å². The summed E-state index contributed by atoms with van der Waals surface area (Å²) in [4.78, 5) is 21.5. The van der Waals surface area contributed by atoms with Crippen LogP contribution in [-0.4, -0.2) is 20.4 Å². The number of aromatic nitrogens is 3. The van der Waals surface area contributed by atoms with Gasteiger partial charge in [0.25, 0.3) is 0 Å². The maximum Gasteiger partial charge on any atom is 0.315 e. The van der Waals surface area contributed by atoms with Crippen LogP contribution in [0.5, 0.6) is 0 Å². The van der Waals surface area contributed by atoms with E-state index >= 15 is 0 Å². The van der Waals surface area contributed by atoms with Crippen molar-refractivity contribution in [3.05, 3.63) is 51.9 Å². The zero-order valence-electron chi connectivity index (χ0n) is 12.5. The Bertz CT molecular complexity index is 807. The highest BCUT2D eigenvalue weighted by atomic mass is 32.1. The molecule has 7 heteroatoms. The first-order valence-electron chi connectivity index (χ1n) is 6.97. The van der Waals surface area contributed by atoms with Gasteiger partial charge in [-0.05, 0) is 25.5 Å². The molecular weight excluding hydrogens is 298 g/mol. The summed E-state index contributed by atoms with van der Waals surface area (Å²) < 4.78 is 1.96. The van der Waals surface area contributed by atoms with Crippen LogP contribution >= 0.6 is 11.3 Å². The van der Waals surface area contributed by atoms with Crippen molar-refractivity contribution in [2.45, 2.75) is 26.9 Å². The Morgan fingerprint density at radius 3 is 2.82 bits per heavy atom. The van der Waals surface area contributed by atoms with Crippen LogP contribution in [0.3, 0.4) is 0 Å². The van der Waals surface area contributed by atoms with Crippen LogP contribution in [0.2, 0.25) is 0 Å². The van der Waals surface area contributed by atoms with Crippen LogP contribution in [0, 0.1) is 13.8 Å². The Hall–Kier alpha value is -2.41. The monoisotopic (exact) mass is 315 g/mol. The highest BCUT2D eigenvalue weighted by Crippen LogP contribution is 2.11. The van der Waals surface area contributed by atoms with Crippen molar-refractivity contribution in [1.29, 1.82) is 0 Å². The number of rotatable bonds is 4. The molecule has 6 nitrogen and oxygen atoms in total. The summed E-state index contributed by atoms with van der Waals surface area (Å²) in [6.45, 7) is 4.86. The van der Waals surface area contributed by atoms with Crippen molar-refractivity contribution in [1.82, 2.24) is 25.0 Å². The molecule has 0 aliphatic carbocycles. The third-order valence-corrected chi connectivity index (χ3v) is 4.27. The second-order valence-electron chi connectivity index (χ2n) is 5.10. The molecule has 0 saturated carbocycles. The van der Waals surface area contributed by atoms with Crippen LogP contribution < -0.4 is 10.6 Å². The predicted octanol–water partition coefficient (Wildman–Crippen LogP) is 2.41. The van der Waals surface area contributed by atoms with Crippen molar-refractivity contribution in [3.8, 4) is 0 Å². The maximum atomic E-state index is 11.8. The lowest BCUT2D eigenvalue weighted by molar-refractivity contribution is 0.240. The van der Waals surface area contributed by atoms with E-state index < -0.39 is 0 Å². The van der Waals surface area contributed by atoms with Gasteiger partial charge in [-0.25, -0.2) is 14.8 Å². The zero-order chi connectivity index (χ0) is 15.5. The lowest BCUT2D eigenvalue weighted by atomic mass is 10.3. The number of nitrogens with one attached hydrogen (secondary N) is 2. The SMILES string of the molecule is Cc1ccc2nc(CNC(=O)NCc3scnc3C)cn2c1. The summed E-state index contributed by atoms with van der Waals surface area (Å²) in [6, 6.07) is 3.77. The van der Waals surface area contributed by atoms with Gasteiger partial charge in [0, 0.05) is 17.3 Å². The van der Waals surface area contributed by atoms with E-state index in [1.165, 1.54) is 5.56 Å². The molecule has 22 heavy (non-hydrogen) atoms. The van der Waals surface area contributed by atoms with Gasteiger partial charge in [0.15, 0.2) is 0 Å². The molecule has 0 atom stereocenters. The van der Waals surface area contributed by atoms with Gasteiger partial charge in [-0.2, -0.15) is 0 Å². The van der Waals surface area contributed by atoms with Crippen LogP contribution in [0.1, 0.15) is 21.8 Å². The fraction of sp³-hybridized carbons (Fsp3) is 0.267. The summed E-state index contributed by atoms with van der Waals surface area (Å²) in [6.07, 6.45) is 3.94. The molecule has 0 aromatic carbocycles. The van der Waals surface area contributed by atoms with Crippen molar-refractivity contribution < 1.29 is 4.79 Å². The quantitative estimate of drug-likeness (QED) is 0.776. The first-order valence-corrected chi connectivity index (χ1v) is 7.84. The van der Waals surface area contributed by atoms with E-state index in [-0.39, 0.29) is 6.03 Å². The normalized spacial score (nSPS) is 10.8. The van der Waals surface area contributed by atoms with Gasteiger partial charge in [0.1, 0.15) is 5.65 Å². The largest absolute Gasteiger partial charge is 0.333 e. The highest BCUT2D eigenvalue weighted by Gasteiger charge is 2.06. The Labute approximate surface area is 132 Å². The minimum atomic E-state index is -0.207. The molecule has 2 amide bonds. The van der Waals surface area contributed by atoms with Gasteiger partial charge in [0.2, 0.25) is 0 Å². The minimum Gasteiger partial charge on any atom is -0.333 e. The molecule has 0 aliphatic heterocycles. The maximum absolute atomic E-state index is 11.8. The molecule has 3 rings (SSSR count). The molecule has 0 aliphatic rings. The van der Waals surface area contributed by atoms with E-state index in [2.05, 4.69) is 20.6 Å². The number of aryl methyl sites for hydroxylation is 2. The lowest BCUT2D eigenvalue weighted by Crippen LogP contribution is -2.34. The number of pyridine rings is 1. The van der Waals surface area contributed by atoms with Crippen LogP contribution in [0.15, 0.2) is 30.0 Å². The minimum absolute atomic E-state index is 0.207. The van der Waals surface area contributed by atoms with E-state index in [4.69, 9.17) is 0 Å². The molecule has 0 unspecified atom stereocenters. The van der Waals surface area contributed by atoms with Gasteiger partial charge in [0.05, 0.1) is 30.0 Å². The van der Waals surface area contributed by atoms with Gasteiger partial charge in [-0.15, -0.1) is 11.3 Å². The van der Waals surface area contributed by atoms with Crippen molar-refractivity contribution in [3.63, 3.8) is 0 Å². The summed E-state index contributed by atoms with van der Waals surface area (Å²) in [5.41, 5.74) is 5.61. The summed E-state index contributed by atoms with van der Waals surface area (Å²) in [5, 5.41) is 5.64. The molecule has 114 valence electrons. The molecule has 0 saturated heterocycles. The molecule has 2 N–H and O–H groups in total. The number of urea groups is 1. The first kappa shape index (κ1) is 14.5. The molecule has 0 fully saturated rings. The van der Waals surface area contributed by atoms with Crippen molar-refractivity contribution >= 4 is 23.0 Å². The van der Waals surface area contributed by atoms with Gasteiger partial charge in [-0.3, -0.25) is 0 Å². The molecule has 3 aromatic heterocycles. The summed E-state index contributed by atoms with van der Waals surface area (Å²) in [5.74, 6) is 0. The fourth-order valence-electron chi connectivity index (χ4n) is 2.13. The molecular formula is C15H17N5OS. The van der Waals surface area contributed by atoms with E-state index in [1.807, 2.05) is 42.8 Å². The average Bonchev–Trinajstić information content (AvgIpc) is 3.08. The number of hydrogen-bond acceptors (Lipinski definition) is 4. The second kappa shape index (κ2) is 6.15. The number of thiazole rings is 1. The fourth-order valence-corrected chi connectivity index (χ4v) is 2.85. The van der Waals surface area contributed by atoms with E-state index in [9.17, 15) is 4.79 Å². The predicted molar refractivity (Wildman–Crippen MR) is 85.9 cm³/mol. The first-order chi connectivity index (χ1) is 10.6. The number of imidazole rings is 1. The van der Waals surface area contributed by atoms with E-state index in [0.717, 1.165) is 21.9 Å².